The molecule has 2 aromatic heterocycles. The van der Waals surface area contributed by atoms with Gasteiger partial charge in [-0.1, -0.05) is 0 Å². The molecule has 1 unspecified atom stereocenters. The minimum absolute atomic E-state index is 0.172. The van der Waals surface area contributed by atoms with Crippen molar-refractivity contribution in [2.45, 2.75) is 6.04 Å². The number of nitrogens with one attached hydrogen (secondary N) is 1. The van der Waals surface area contributed by atoms with Crippen molar-refractivity contribution in [3.8, 4) is 5.82 Å². The molecule has 0 aliphatic rings. The van der Waals surface area contributed by atoms with E-state index in [1.54, 1.807) is 12.1 Å². The fraction of sp³-hybridized carbons (Fsp3) is 0.286. The number of rotatable bonds is 6. The number of aliphatic hydroxyl groups excluding tert-OH is 1. The Morgan fingerprint density at radius 3 is 2.75 bits per heavy atom. The van der Waals surface area contributed by atoms with E-state index in [1.807, 2.05) is 29.1 Å². The van der Waals surface area contributed by atoms with Gasteiger partial charge in [0.2, 0.25) is 0 Å². The van der Waals surface area contributed by atoms with Crippen molar-refractivity contribution < 1.29 is 14.6 Å². The standard InChI is InChI=1S/C14H17N3O3/c1-20-10-12(9-18)16-14(19)11-4-5-13(15-8-11)17-6-2-3-7-17/h2-8,12,18H,9-10H2,1H3,(H,16,19). The van der Waals surface area contributed by atoms with Gasteiger partial charge in [0.25, 0.3) is 5.91 Å². The highest BCUT2D eigenvalue weighted by atomic mass is 16.5. The van der Waals surface area contributed by atoms with E-state index in [-0.39, 0.29) is 19.1 Å². The van der Waals surface area contributed by atoms with Crippen LogP contribution in [0, 0.1) is 0 Å². The molecule has 1 atom stereocenters. The highest BCUT2D eigenvalue weighted by molar-refractivity contribution is 5.94. The highest BCUT2D eigenvalue weighted by Crippen LogP contribution is 2.06. The maximum absolute atomic E-state index is 12.0. The Labute approximate surface area is 117 Å². The summed E-state index contributed by atoms with van der Waals surface area (Å²) < 4.78 is 6.76. The average molecular weight is 275 g/mol. The zero-order valence-electron chi connectivity index (χ0n) is 11.2. The first-order chi connectivity index (χ1) is 9.74. The van der Waals surface area contributed by atoms with E-state index in [0.717, 1.165) is 5.82 Å². The van der Waals surface area contributed by atoms with E-state index in [0.29, 0.717) is 5.56 Å². The van der Waals surface area contributed by atoms with Gasteiger partial charge >= 0.3 is 0 Å². The summed E-state index contributed by atoms with van der Waals surface area (Å²) in [4.78, 5) is 16.2. The molecule has 6 nitrogen and oxygen atoms in total. The molecule has 2 N–H and O–H groups in total. The summed E-state index contributed by atoms with van der Waals surface area (Å²) in [5, 5.41) is 11.8. The van der Waals surface area contributed by atoms with Gasteiger partial charge in [0.1, 0.15) is 5.82 Å². The molecule has 0 spiro atoms. The topological polar surface area (TPSA) is 76.4 Å². The molecule has 0 bridgehead atoms. The van der Waals surface area contributed by atoms with E-state index in [1.165, 1.54) is 13.3 Å². The molecule has 0 aromatic carbocycles. The van der Waals surface area contributed by atoms with Gasteiger partial charge in [0.05, 0.1) is 24.8 Å². The zero-order valence-corrected chi connectivity index (χ0v) is 11.2. The summed E-state index contributed by atoms with van der Waals surface area (Å²) in [6, 6.07) is 6.84. The van der Waals surface area contributed by atoms with Crippen molar-refractivity contribution in [2.75, 3.05) is 20.3 Å². The van der Waals surface area contributed by atoms with Crippen LogP contribution in [0.1, 0.15) is 10.4 Å². The Hall–Kier alpha value is -2.18. The second-order valence-electron chi connectivity index (χ2n) is 4.30. The molecule has 2 rings (SSSR count). The number of methoxy groups -OCH3 is 1. The fourth-order valence-electron chi connectivity index (χ4n) is 1.77. The van der Waals surface area contributed by atoms with Crippen molar-refractivity contribution >= 4 is 5.91 Å². The van der Waals surface area contributed by atoms with E-state index < -0.39 is 6.04 Å². The zero-order chi connectivity index (χ0) is 14.4. The number of hydrogen-bond acceptors (Lipinski definition) is 4. The molecule has 6 heteroatoms. The van der Waals surface area contributed by atoms with Crippen LogP contribution in [-0.4, -0.2) is 46.9 Å². The third-order valence-corrected chi connectivity index (χ3v) is 2.80. The molecular formula is C14H17N3O3. The van der Waals surface area contributed by atoms with E-state index in [4.69, 9.17) is 9.84 Å². The maximum atomic E-state index is 12.0. The first-order valence-corrected chi connectivity index (χ1v) is 6.24. The number of hydrogen-bond donors (Lipinski definition) is 2. The minimum Gasteiger partial charge on any atom is -0.394 e. The molecule has 0 radical (unpaired) electrons. The second-order valence-corrected chi connectivity index (χ2v) is 4.30. The van der Waals surface area contributed by atoms with Crippen LogP contribution in [0.2, 0.25) is 0 Å². The summed E-state index contributed by atoms with van der Waals surface area (Å²) in [6.07, 6.45) is 5.26. The molecule has 0 aliphatic carbocycles. The Kier molecular flexibility index (Phi) is 4.86. The van der Waals surface area contributed by atoms with Crippen LogP contribution in [0.4, 0.5) is 0 Å². The van der Waals surface area contributed by atoms with Crippen molar-refractivity contribution in [2.24, 2.45) is 0 Å². The lowest BCUT2D eigenvalue weighted by atomic mass is 10.2. The lowest BCUT2D eigenvalue weighted by Crippen LogP contribution is -2.40. The number of carbonyl (C=O) groups excluding carboxylic acids is 1. The predicted octanol–water partition coefficient (Wildman–Crippen LogP) is 0.609. The van der Waals surface area contributed by atoms with Gasteiger partial charge < -0.3 is 19.7 Å². The van der Waals surface area contributed by atoms with Gasteiger partial charge in [-0.2, -0.15) is 0 Å². The fourth-order valence-corrected chi connectivity index (χ4v) is 1.77. The largest absolute Gasteiger partial charge is 0.394 e. The summed E-state index contributed by atoms with van der Waals surface area (Å²) in [5.41, 5.74) is 0.440. The van der Waals surface area contributed by atoms with Gasteiger partial charge in [-0.15, -0.1) is 0 Å². The van der Waals surface area contributed by atoms with E-state index in [2.05, 4.69) is 10.3 Å². The Morgan fingerprint density at radius 2 is 2.20 bits per heavy atom. The van der Waals surface area contributed by atoms with E-state index in [9.17, 15) is 4.79 Å². The Bertz CT molecular complexity index is 537. The molecule has 2 aromatic rings. The summed E-state index contributed by atoms with van der Waals surface area (Å²) in [5.74, 6) is 0.454. The van der Waals surface area contributed by atoms with Gasteiger partial charge in [-0.05, 0) is 24.3 Å². The number of amides is 1. The number of nitrogens with zero attached hydrogens (tertiary/aromatic N) is 2. The smallest absolute Gasteiger partial charge is 0.253 e. The molecule has 20 heavy (non-hydrogen) atoms. The van der Waals surface area contributed by atoms with Crippen LogP contribution in [0.15, 0.2) is 42.9 Å². The van der Waals surface area contributed by atoms with Gasteiger partial charge in [0.15, 0.2) is 0 Å². The molecule has 106 valence electrons. The molecule has 2 heterocycles. The number of ether oxygens (including phenoxy) is 1. The number of aromatic nitrogens is 2. The quantitative estimate of drug-likeness (QED) is 0.810. The van der Waals surface area contributed by atoms with Crippen molar-refractivity contribution in [3.63, 3.8) is 0 Å². The molecular weight excluding hydrogens is 258 g/mol. The summed E-state index contributed by atoms with van der Waals surface area (Å²) in [6.45, 7) is 0.0889. The molecule has 0 fully saturated rings. The van der Waals surface area contributed by atoms with Crippen LogP contribution in [-0.2, 0) is 4.74 Å². The normalized spacial score (nSPS) is 12.1. The van der Waals surface area contributed by atoms with Crippen molar-refractivity contribution in [1.29, 1.82) is 0 Å². The number of pyridine rings is 1. The minimum atomic E-state index is -0.420. The maximum Gasteiger partial charge on any atom is 0.253 e. The van der Waals surface area contributed by atoms with Crippen LogP contribution < -0.4 is 5.32 Å². The molecule has 0 saturated heterocycles. The van der Waals surface area contributed by atoms with Gasteiger partial charge in [-0.3, -0.25) is 4.79 Å². The van der Waals surface area contributed by atoms with Gasteiger partial charge in [0, 0.05) is 25.7 Å². The molecule has 0 aliphatic heterocycles. The first-order valence-electron chi connectivity index (χ1n) is 6.24. The lowest BCUT2D eigenvalue weighted by Gasteiger charge is -2.15. The van der Waals surface area contributed by atoms with Crippen LogP contribution in [0.5, 0.6) is 0 Å². The third-order valence-electron chi connectivity index (χ3n) is 2.80. The van der Waals surface area contributed by atoms with Crippen LogP contribution >= 0.6 is 0 Å². The SMILES string of the molecule is COCC(CO)NC(=O)c1ccc(-n2cccc2)nc1. The van der Waals surface area contributed by atoms with E-state index >= 15 is 0 Å². The number of carbonyl (C=O) groups is 1. The average Bonchev–Trinajstić information content (AvgIpc) is 3.01. The third kappa shape index (κ3) is 3.43. The summed E-state index contributed by atoms with van der Waals surface area (Å²) in [7, 11) is 1.52. The van der Waals surface area contributed by atoms with Crippen LogP contribution in [0.25, 0.3) is 5.82 Å². The van der Waals surface area contributed by atoms with Crippen molar-refractivity contribution in [1.82, 2.24) is 14.9 Å². The summed E-state index contributed by atoms with van der Waals surface area (Å²) >= 11 is 0. The van der Waals surface area contributed by atoms with Crippen molar-refractivity contribution in [3.05, 3.63) is 48.4 Å². The Morgan fingerprint density at radius 1 is 1.45 bits per heavy atom. The van der Waals surface area contributed by atoms with Crippen LogP contribution in [0.3, 0.4) is 0 Å². The van der Waals surface area contributed by atoms with Gasteiger partial charge in [-0.25, -0.2) is 4.98 Å². The first kappa shape index (κ1) is 14.2. The number of aliphatic hydroxyl groups is 1. The predicted molar refractivity (Wildman–Crippen MR) is 73.8 cm³/mol. The second kappa shape index (κ2) is 6.83. The highest BCUT2D eigenvalue weighted by Gasteiger charge is 2.13. The lowest BCUT2D eigenvalue weighted by molar-refractivity contribution is 0.0839. The molecule has 0 saturated carbocycles. The monoisotopic (exact) mass is 275 g/mol. The Balaban J connectivity index is 2.04. The molecule has 1 amide bonds.